The van der Waals surface area contributed by atoms with Crippen molar-refractivity contribution in [3.63, 3.8) is 0 Å². The summed E-state index contributed by atoms with van der Waals surface area (Å²) in [7, 11) is 0. The van der Waals surface area contributed by atoms with E-state index in [1.165, 1.54) is 0 Å². The van der Waals surface area contributed by atoms with E-state index in [0.717, 1.165) is 19.4 Å². The molecule has 1 rings (SSSR count). The smallest absolute Gasteiger partial charge is 0.113 e. The number of rotatable bonds is 1. The molecule has 0 aromatic heterocycles. The number of alkyl halides is 1. The van der Waals surface area contributed by atoms with Crippen LogP contribution in [0.2, 0.25) is 0 Å². The van der Waals surface area contributed by atoms with Crippen molar-refractivity contribution in [3.8, 4) is 0 Å². The maximum atomic E-state index is 12.6. The molecule has 1 fully saturated rings. The lowest BCUT2D eigenvalue weighted by atomic mass is 9.96. The van der Waals surface area contributed by atoms with Gasteiger partial charge < -0.3 is 5.32 Å². The van der Waals surface area contributed by atoms with Crippen LogP contribution in [0.15, 0.2) is 0 Å². The molecule has 1 N–H and O–H groups in total. The van der Waals surface area contributed by atoms with E-state index in [4.69, 9.17) is 0 Å². The van der Waals surface area contributed by atoms with E-state index in [9.17, 15) is 4.39 Å². The van der Waals surface area contributed by atoms with Crippen molar-refractivity contribution < 1.29 is 4.39 Å². The van der Waals surface area contributed by atoms with Crippen molar-refractivity contribution in [1.82, 2.24) is 5.32 Å². The molecular formula is C9H20FN. The third-order valence-corrected chi connectivity index (χ3v) is 1.97. The molecule has 11 heavy (non-hydrogen) atoms. The molecular weight excluding hydrogens is 141 g/mol. The summed E-state index contributed by atoms with van der Waals surface area (Å²) in [6.07, 6.45) is 1.28. The normalized spacial score (nSPS) is 30.5. The number of hydrogen-bond donors (Lipinski definition) is 1. The second-order valence-corrected chi connectivity index (χ2v) is 2.77. The van der Waals surface area contributed by atoms with Gasteiger partial charge in [-0.15, -0.1) is 0 Å². The van der Waals surface area contributed by atoms with Gasteiger partial charge in [-0.1, -0.05) is 27.2 Å². The van der Waals surface area contributed by atoms with Gasteiger partial charge in [-0.25, -0.2) is 4.39 Å². The van der Waals surface area contributed by atoms with Gasteiger partial charge in [-0.2, -0.15) is 0 Å². The van der Waals surface area contributed by atoms with Crippen LogP contribution in [-0.2, 0) is 0 Å². The largest absolute Gasteiger partial charge is 0.314 e. The van der Waals surface area contributed by atoms with Crippen LogP contribution in [-0.4, -0.2) is 19.3 Å². The molecule has 0 amide bonds. The molecule has 1 saturated heterocycles. The summed E-state index contributed by atoms with van der Waals surface area (Å²) in [5.74, 6) is 0.578. The summed E-state index contributed by atoms with van der Waals surface area (Å²) >= 11 is 0. The molecule has 1 aliphatic heterocycles. The zero-order chi connectivity index (χ0) is 8.69. The molecule has 0 radical (unpaired) electrons. The molecule has 0 bridgehead atoms. The number of hydrogen-bond acceptors (Lipinski definition) is 1. The van der Waals surface area contributed by atoms with Crippen LogP contribution >= 0.6 is 0 Å². The lowest BCUT2D eigenvalue weighted by molar-refractivity contribution is 0.211. The standard InChI is InChI=1S/C7H14FN.C2H6/c1-2-6-3-7(8)5-9-4-6;1-2/h6-7,9H,2-5H2,1H3;1-2H3. The Kier molecular flexibility index (Phi) is 6.52. The first kappa shape index (κ1) is 10.9. The SMILES string of the molecule is CC.CCC1CNCC(F)C1. The third-order valence-electron chi connectivity index (χ3n) is 1.97. The Labute approximate surface area is 69.4 Å². The van der Waals surface area contributed by atoms with Crippen LogP contribution in [0, 0.1) is 5.92 Å². The highest BCUT2D eigenvalue weighted by molar-refractivity contribution is 4.74. The molecule has 0 aromatic rings. The molecule has 68 valence electrons. The number of halogens is 1. The van der Waals surface area contributed by atoms with E-state index >= 15 is 0 Å². The summed E-state index contributed by atoms with van der Waals surface area (Å²) in [5.41, 5.74) is 0. The topological polar surface area (TPSA) is 12.0 Å². The van der Waals surface area contributed by atoms with Crippen molar-refractivity contribution in [2.24, 2.45) is 5.92 Å². The fourth-order valence-electron chi connectivity index (χ4n) is 1.28. The summed E-state index contributed by atoms with van der Waals surface area (Å²) in [5, 5.41) is 3.06. The van der Waals surface area contributed by atoms with Crippen LogP contribution in [0.1, 0.15) is 33.6 Å². The summed E-state index contributed by atoms with van der Waals surface area (Å²) < 4.78 is 12.6. The van der Waals surface area contributed by atoms with Crippen molar-refractivity contribution >= 4 is 0 Å². The maximum Gasteiger partial charge on any atom is 0.113 e. The lowest BCUT2D eigenvalue weighted by Crippen LogP contribution is -2.36. The fraction of sp³-hybridized carbons (Fsp3) is 1.00. The Hall–Kier alpha value is -0.110. The highest BCUT2D eigenvalue weighted by Crippen LogP contribution is 2.15. The molecule has 2 unspecified atom stereocenters. The molecule has 0 saturated carbocycles. The molecule has 2 heteroatoms. The van der Waals surface area contributed by atoms with E-state index < -0.39 is 6.17 Å². The highest BCUT2D eigenvalue weighted by Gasteiger charge is 2.18. The minimum Gasteiger partial charge on any atom is -0.314 e. The summed E-state index contributed by atoms with van der Waals surface area (Å²) in [6.45, 7) is 7.69. The Morgan fingerprint density at radius 1 is 1.36 bits per heavy atom. The van der Waals surface area contributed by atoms with Gasteiger partial charge in [-0.05, 0) is 18.9 Å². The molecule has 0 spiro atoms. The maximum absolute atomic E-state index is 12.6. The van der Waals surface area contributed by atoms with Crippen LogP contribution < -0.4 is 5.32 Å². The zero-order valence-electron chi connectivity index (χ0n) is 7.86. The zero-order valence-corrected chi connectivity index (χ0v) is 7.86. The predicted octanol–water partition coefficient (Wildman–Crippen LogP) is 2.37. The Balaban J connectivity index is 0.000000461. The van der Waals surface area contributed by atoms with Crippen LogP contribution in [0.3, 0.4) is 0 Å². The summed E-state index contributed by atoms with van der Waals surface area (Å²) in [4.78, 5) is 0. The minimum absolute atomic E-state index is 0.566. The van der Waals surface area contributed by atoms with Gasteiger partial charge in [0.25, 0.3) is 0 Å². The molecule has 2 atom stereocenters. The lowest BCUT2D eigenvalue weighted by Gasteiger charge is -2.24. The predicted molar refractivity (Wildman–Crippen MR) is 47.5 cm³/mol. The van der Waals surface area contributed by atoms with Gasteiger partial charge in [0.2, 0.25) is 0 Å². The summed E-state index contributed by atoms with van der Waals surface area (Å²) in [6, 6.07) is 0. The van der Waals surface area contributed by atoms with Crippen LogP contribution in [0.25, 0.3) is 0 Å². The quantitative estimate of drug-likeness (QED) is 0.622. The van der Waals surface area contributed by atoms with Gasteiger partial charge in [0, 0.05) is 6.54 Å². The van der Waals surface area contributed by atoms with E-state index in [2.05, 4.69) is 12.2 Å². The van der Waals surface area contributed by atoms with Gasteiger partial charge in [0.05, 0.1) is 0 Å². The van der Waals surface area contributed by atoms with E-state index in [-0.39, 0.29) is 0 Å². The van der Waals surface area contributed by atoms with E-state index in [0.29, 0.717) is 12.5 Å². The second-order valence-electron chi connectivity index (χ2n) is 2.77. The third kappa shape index (κ3) is 4.35. The van der Waals surface area contributed by atoms with Gasteiger partial charge in [0.1, 0.15) is 6.17 Å². The van der Waals surface area contributed by atoms with E-state index in [1.807, 2.05) is 13.8 Å². The number of piperidine rings is 1. The Morgan fingerprint density at radius 3 is 2.36 bits per heavy atom. The van der Waals surface area contributed by atoms with Crippen molar-refractivity contribution in [2.75, 3.05) is 13.1 Å². The molecule has 0 aromatic carbocycles. The first-order chi connectivity index (χ1) is 5.33. The van der Waals surface area contributed by atoms with Gasteiger partial charge >= 0.3 is 0 Å². The molecule has 1 aliphatic rings. The average molecular weight is 161 g/mol. The van der Waals surface area contributed by atoms with E-state index in [1.54, 1.807) is 0 Å². The fourth-order valence-corrected chi connectivity index (χ4v) is 1.28. The molecule has 1 nitrogen and oxygen atoms in total. The monoisotopic (exact) mass is 161 g/mol. The van der Waals surface area contributed by atoms with Crippen molar-refractivity contribution in [3.05, 3.63) is 0 Å². The van der Waals surface area contributed by atoms with Crippen molar-refractivity contribution in [1.29, 1.82) is 0 Å². The Morgan fingerprint density at radius 2 is 2.00 bits per heavy atom. The van der Waals surface area contributed by atoms with Crippen molar-refractivity contribution in [2.45, 2.75) is 39.8 Å². The number of nitrogens with one attached hydrogen (secondary N) is 1. The average Bonchev–Trinajstić information content (AvgIpc) is 2.08. The van der Waals surface area contributed by atoms with Crippen LogP contribution in [0.5, 0.6) is 0 Å². The molecule has 0 aliphatic carbocycles. The highest BCUT2D eigenvalue weighted by atomic mass is 19.1. The van der Waals surface area contributed by atoms with Gasteiger partial charge in [0.15, 0.2) is 0 Å². The minimum atomic E-state index is -0.594. The van der Waals surface area contributed by atoms with Gasteiger partial charge in [-0.3, -0.25) is 0 Å². The Bertz CT molecular complexity index is 85.6. The first-order valence-corrected chi connectivity index (χ1v) is 4.67. The van der Waals surface area contributed by atoms with Crippen LogP contribution in [0.4, 0.5) is 4.39 Å². The molecule has 1 heterocycles. The second kappa shape index (κ2) is 6.59. The first-order valence-electron chi connectivity index (χ1n) is 4.67.